The van der Waals surface area contributed by atoms with Crippen LogP contribution in [0.3, 0.4) is 0 Å². The lowest BCUT2D eigenvalue weighted by Gasteiger charge is -2.36. The molecule has 1 aromatic rings. The Morgan fingerprint density at radius 2 is 1.94 bits per heavy atom. The SMILES string of the molecule is CC(C)(C)[Si](C)(C)Oc1ccc(CO)nc1. The third-order valence-electron chi connectivity index (χ3n) is 3.14. The summed E-state index contributed by atoms with van der Waals surface area (Å²) in [6.07, 6.45) is 1.69. The van der Waals surface area contributed by atoms with Crippen LogP contribution in [0.2, 0.25) is 18.1 Å². The molecular weight excluding hydrogens is 218 g/mol. The van der Waals surface area contributed by atoms with Gasteiger partial charge in [-0.3, -0.25) is 4.98 Å². The maximum atomic E-state index is 8.90. The van der Waals surface area contributed by atoms with Gasteiger partial charge < -0.3 is 9.53 Å². The maximum Gasteiger partial charge on any atom is 0.250 e. The van der Waals surface area contributed by atoms with Gasteiger partial charge in [0.1, 0.15) is 5.75 Å². The number of pyridine rings is 1. The molecule has 16 heavy (non-hydrogen) atoms. The average molecular weight is 239 g/mol. The first-order valence-corrected chi connectivity index (χ1v) is 8.42. The molecule has 0 aliphatic rings. The van der Waals surface area contributed by atoms with E-state index in [1.165, 1.54) is 0 Å². The van der Waals surface area contributed by atoms with Crippen molar-refractivity contribution >= 4 is 8.32 Å². The monoisotopic (exact) mass is 239 g/mol. The molecule has 1 heterocycles. The summed E-state index contributed by atoms with van der Waals surface area (Å²) in [4.78, 5) is 4.11. The van der Waals surface area contributed by atoms with Crippen LogP contribution in [-0.2, 0) is 6.61 Å². The molecule has 1 aromatic heterocycles. The molecule has 1 N–H and O–H groups in total. The van der Waals surface area contributed by atoms with Gasteiger partial charge >= 0.3 is 0 Å². The van der Waals surface area contributed by atoms with E-state index in [4.69, 9.17) is 9.53 Å². The lowest BCUT2D eigenvalue weighted by atomic mass is 10.2. The predicted molar refractivity (Wildman–Crippen MR) is 68.0 cm³/mol. The minimum Gasteiger partial charge on any atom is -0.542 e. The van der Waals surface area contributed by atoms with Crippen molar-refractivity contribution in [1.29, 1.82) is 0 Å². The van der Waals surface area contributed by atoms with Gasteiger partial charge in [-0.1, -0.05) is 20.8 Å². The number of aliphatic hydroxyl groups excluding tert-OH is 1. The summed E-state index contributed by atoms with van der Waals surface area (Å²) in [5.41, 5.74) is 0.669. The molecule has 0 bridgehead atoms. The van der Waals surface area contributed by atoms with Gasteiger partial charge in [0.05, 0.1) is 18.5 Å². The molecule has 0 atom stereocenters. The van der Waals surface area contributed by atoms with Crippen molar-refractivity contribution in [2.45, 2.75) is 45.5 Å². The molecule has 0 aromatic carbocycles. The van der Waals surface area contributed by atoms with Crippen molar-refractivity contribution in [3.63, 3.8) is 0 Å². The molecular formula is C12H21NO2Si. The third-order valence-corrected chi connectivity index (χ3v) is 7.50. The van der Waals surface area contributed by atoms with Crippen LogP contribution in [0.5, 0.6) is 5.75 Å². The van der Waals surface area contributed by atoms with E-state index in [9.17, 15) is 0 Å². The second kappa shape index (κ2) is 4.55. The summed E-state index contributed by atoms with van der Waals surface area (Å²) in [5.74, 6) is 0.795. The lowest BCUT2D eigenvalue weighted by molar-refractivity contribution is 0.276. The molecule has 4 heteroatoms. The average Bonchev–Trinajstić information content (AvgIpc) is 2.16. The smallest absolute Gasteiger partial charge is 0.250 e. The molecule has 0 aliphatic heterocycles. The summed E-state index contributed by atoms with van der Waals surface area (Å²) >= 11 is 0. The zero-order valence-corrected chi connectivity index (χ0v) is 11.7. The van der Waals surface area contributed by atoms with Crippen molar-refractivity contribution in [2.24, 2.45) is 0 Å². The highest BCUT2D eigenvalue weighted by Gasteiger charge is 2.38. The van der Waals surface area contributed by atoms with Gasteiger partial charge in [0.15, 0.2) is 0 Å². The van der Waals surface area contributed by atoms with E-state index in [2.05, 4.69) is 38.8 Å². The number of aliphatic hydroxyl groups is 1. The summed E-state index contributed by atoms with van der Waals surface area (Å²) in [6, 6.07) is 3.67. The maximum absolute atomic E-state index is 8.90. The fraction of sp³-hybridized carbons (Fsp3) is 0.583. The Morgan fingerprint density at radius 1 is 1.31 bits per heavy atom. The summed E-state index contributed by atoms with van der Waals surface area (Å²) < 4.78 is 6.06. The van der Waals surface area contributed by atoms with E-state index in [1.54, 1.807) is 12.3 Å². The molecule has 0 saturated carbocycles. The number of rotatable bonds is 3. The zero-order valence-electron chi connectivity index (χ0n) is 10.7. The first-order valence-electron chi connectivity index (χ1n) is 5.51. The second-order valence-electron chi connectivity index (χ2n) is 5.51. The van der Waals surface area contributed by atoms with Gasteiger partial charge in [-0.15, -0.1) is 0 Å². The van der Waals surface area contributed by atoms with Crippen molar-refractivity contribution in [1.82, 2.24) is 4.98 Å². The number of hydrogen-bond donors (Lipinski definition) is 1. The Balaban J connectivity index is 2.80. The fourth-order valence-corrected chi connectivity index (χ4v) is 2.03. The van der Waals surface area contributed by atoms with Gasteiger partial charge in [0, 0.05) is 0 Å². The van der Waals surface area contributed by atoms with Crippen LogP contribution >= 0.6 is 0 Å². The standard InChI is InChI=1S/C12H21NO2Si/c1-12(2,3)16(4,5)15-11-7-6-10(9-14)13-8-11/h6-8,14H,9H2,1-5H3. The molecule has 0 spiro atoms. The summed E-state index contributed by atoms with van der Waals surface area (Å²) in [6.45, 7) is 11.0. The summed E-state index contributed by atoms with van der Waals surface area (Å²) in [5, 5.41) is 9.08. The molecule has 0 amide bonds. The van der Waals surface area contributed by atoms with Gasteiger partial charge in [0.25, 0.3) is 8.32 Å². The van der Waals surface area contributed by atoms with Crippen LogP contribution in [-0.4, -0.2) is 18.4 Å². The molecule has 90 valence electrons. The zero-order chi connectivity index (χ0) is 12.4. The van der Waals surface area contributed by atoms with Crippen LogP contribution in [0.1, 0.15) is 26.5 Å². The topological polar surface area (TPSA) is 42.4 Å². The van der Waals surface area contributed by atoms with Crippen molar-refractivity contribution in [3.8, 4) is 5.75 Å². The van der Waals surface area contributed by atoms with E-state index in [1.807, 2.05) is 6.07 Å². The van der Waals surface area contributed by atoms with Gasteiger partial charge in [-0.2, -0.15) is 0 Å². The van der Waals surface area contributed by atoms with Gasteiger partial charge in [0.2, 0.25) is 0 Å². The highest BCUT2D eigenvalue weighted by molar-refractivity contribution is 6.74. The lowest BCUT2D eigenvalue weighted by Crippen LogP contribution is -2.43. The Hall–Kier alpha value is -0.873. The van der Waals surface area contributed by atoms with Crippen molar-refractivity contribution in [3.05, 3.63) is 24.0 Å². The second-order valence-corrected chi connectivity index (χ2v) is 10.2. The number of hydrogen-bond acceptors (Lipinski definition) is 3. The van der Waals surface area contributed by atoms with E-state index in [0.717, 1.165) is 5.75 Å². The van der Waals surface area contributed by atoms with E-state index in [-0.39, 0.29) is 11.6 Å². The highest BCUT2D eigenvalue weighted by atomic mass is 28.4. The fourth-order valence-electron chi connectivity index (χ4n) is 1.01. The molecule has 0 aliphatic carbocycles. The van der Waals surface area contributed by atoms with Crippen LogP contribution < -0.4 is 4.43 Å². The first-order chi connectivity index (χ1) is 7.26. The van der Waals surface area contributed by atoms with E-state index >= 15 is 0 Å². The van der Waals surface area contributed by atoms with Crippen molar-refractivity contribution < 1.29 is 9.53 Å². The molecule has 3 nitrogen and oxygen atoms in total. The Labute approximate surface area is 98.6 Å². The molecule has 0 fully saturated rings. The van der Waals surface area contributed by atoms with Gasteiger partial charge in [-0.25, -0.2) is 0 Å². The number of aromatic nitrogens is 1. The van der Waals surface area contributed by atoms with E-state index in [0.29, 0.717) is 5.69 Å². The quantitative estimate of drug-likeness (QED) is 0.825. The van der Waals surface area contributed by atoms with Crippen LogP contribution in [0, 0.1) is 0 Å². The van der Waals surface area contributed by atoms with E-state index < -0.39 is 8.32 Å². The molecule has 0 saturated heterocycles. The molecule has 0 radical (unpaired) electrons. The van der Waals surface area contributed by atoms with Crippen LogP contribution in [0.4, 0.5) is 0 Å². The molecule has 0 unspecified atom stereocenters. The summed E-state index contributed by atoms with van der Waals surface area (Å²) in [7, 11) is -1.78. The Bertz CT molecular complexity index is 341. The Morgan fingerprint density at radius 3 is 2.31 bits per heavy atom. The molecule has 1 rings (SSSR count). The first kappa shape index (κ1) is 13.2. The largest absolute Gasteiger partial charge is 0.542 e. The minimum atomic E-state index is -1.78. The van der Waals surface area contributed by atoms with Crippen LogP contribution in [0.15, 0.2) is 18.3 Å². The predicted octanol–water partition coefficient (Wildman–Crippen LogP) is 2.96. The normalized spacial score (nSPS) is 12.6. The van der Waals surface area contributed by atoms with Crippen molar-refractivity contribution in [2.75, 3.05) is 0 Å². The Kier molecular flexibility index (Phi) is 3.75. The van der Waals surface area contributed by atoms with Gasteiger partial charge in [-0.05, 0) is 30.3 Å². The highest BCUT2D eigenvalue weighted by Crippen LogP contribution is 2.37. The van der Waals surface area contributed by atoms with Crippen LogP contribution in [0.25, 0.3) is 0 Å². The number of nitrogens with zero attached hydrogens (tertiary/aromatic N) is 1. The minimum absolute atomic E-state index is 0.0274. The third kappa shape index (κ3) is 3.06.